The fraction of sp³-hybridized carbons (Fsp3) is 0.292. The highest BCUT2D eigenvalue weighted by Crippen LogP contribution is 2.27. The van der Waals surface area contributed by atoms with Gasteiger partial charge in [-0.05, 0) is 56.6 Å². The summed E-state index contributed by atoms with van der Waals surface area (Å²) in [6, 6.07) is 16.8. The molecule has 0 fully saturated rings. The fourth-order valence-electron chi connectivity index (χ4n) is 3.27. The number of hydrogen-bond acceptors (Lipinski definition) is 6. The van der Waals surface area contributed by atoms with Gasteiger partial charge in [0.25, 0.3) is 5.91 Å². The molecule has 2 aromatic carbocycles. The Morgan fingerprint density at radius 3 is 2.36 bits per heavy atom. The molecule has 33 heavy (non-hydrogen) atoms. The maximum Gasteiger partial charge on any atom is 0.320 e. The average molecular weight is 471 g/mol. The summed E-state index contributed by atoms with van der Waals surface area (Å²) in [5.41, 5.74) is 3.12. The van der Waals surface area contributed by atoms with Gasteiger partial charge in [-0.15, -0.1) is 0 Å². The van der Waals surface area contributed by atoms with Crippen molar-refractivity contribution in [3.63, 3.8) is 0 Å². The van der Waals surface area contributed by atoms with Gasteiger partial charge < -0.3 is 14.8 Å². The van der Waals surface area contributed by atoms with Gasteiger partial charge >= 0.3 is 5.97 Å². The molecular weight excluding hydrogens is 444 g/mol. The number of likely N-dealkylation sites (N-methyl/N-ethyl adjacent to an activating group) is 2. The molecule has 8 nitrogen and oxygen atoms in total. The highest BCUT2D eigenvalue weighted by molar-refractivity contribution is 6.30. The van der Waals surface area contributed by atoms with E-state index < -0.39 is 18.0 Å². The second-order valence-corrected chi connectivity index (χ2v) is 8.11. The molecule has 174 valence electrons. The molecule has 1 heterocycles. The molecule has 0 aliphatic carbocycles. The zero-order valence-electron chi connectivity index (χ0n) is 19.0. The Bertz CT molecular complexity index is 1090. The monoisotopic (exact) mass is 470 g/mol. The van der Waals surface area contributed by atoms with Crippen molar-refractivity contribution in [2.45, 2.75) is 12.5 Å². The number of ether oxygens (including phenoxy) is 2. The van der Waals surface area contributed by atoms with E-state index >= 15 is 0 Å². The highest BCUT2D eigenvalue weighted by Gasteiger charge is 2.25. The van der Waals surface area contributed by atoms with Crippen molar-refractivity contribution in [3.05, 3.63) is 65.3 Å². The molecule has 0 saturated carbocycles. The maximum absolute atomic E-state index is 12.4. The number of carbonyl (C=O) groups excluding carboxylic acids is 2. The van der Waals surface area contributed by atoms with Crippen LogP contribution in [0.5, 0.6) is 5.75 Å². The first kappa shape index (κ1) is 24.3. The Hall–Kier alpha value is -3.36. The average Bonchev–Trinajstić information content (AvgIpc) is 3.21. The van der Waals surface area contributed by atoms with Gasteiger partial charge in [0.2, 0.25) is 0 Å². The number of rotatable bonds is 9. The van der Waals surface area contributed by atoms with Gasteiger partial charge in [-0.25, -0.2) is 4.68 Å². The van der Waals surface area contributed by atoms with Gasteiger partial charge in [0.1, 0.15) is 5.75 Å². The molecule has 0 spiro atoms. The van der Waals surface area contributed by atoms with Gasteiger partial charge in [-0.2, -0.15) is 5.10 Å². The van der Waals surface area contributed by atoms with E-state index in [0.717, 1.165) is 22.7 Å². The van der Waals surface area contributed by atoms with Crippen LogP contribution in [-0.4, -0.2) is 67.5 Å². The van der Waals surface area contributed by atoms with Crippen LogP contribution in [0.3, 0.4) is 0 Å². The van der Waals surface area contributed by atoms with Crippen LogP contribution in [0.2, 0.25) is 5.02 Å². The summed E-state index contributed by atoms with van der Waals surface area (Å²) < 4.78 is 12.5. The molecule has 3 aromatic rings. The van der Waals surface area contributed by atoms with Crippen molar-refractivity contribution in [3.8, 4) is 22.7 Å². The van der Waals surface area contributed by atoms with Crippen molar-refractivity contribution in [2.75, 3.05) is 34.8 Å². The number of esters is 1. The minimum atomic E-state index is -1.00. The van der Waals surface area contributed by atoms with Gasteiger partial charge in [-0.3, -0.25) is 14.5 Å². The Balaban J connectivity index is 1.97. The SMILES string of the molecule is CNC(=O)C(Cc1cc(-c2ccc(Cl)cc2)n(-c2ccc(OC)cc2)n1)OC(=O)CN(C)C. The summed E-state index contributed by atoms with van der Waals surface area (Å²) in [6.45, 7) is 0.0732. The third-order valence-corrected chi connectivity index (χ3v) is 5.12. The van der Waals surface area contributed by atoms with E-state index in [0.29, 0.717) is 10.7 Å². The van der Waals surface area contributed by atoms with Crippen LogP contribution >= 0.6 is 11.6 Å². The maximum atomic E-state index is 12.4. The predicted octanol–water partition coefficient (Wildman–Crippen LogP) is 2.96. The van der Waals surface area contributed by atoms with Crippen LogP contribution in [0, 0.1) is 0 Å². The Morgan fingerprint density at radius 1 is 1.12 bits per heavy atom. The van der Waals surface area contributed by atoms with E-state index in [2.05, 4.69) is 5.32 Å². The largest absolute Gasteiger partial charge is 0.497 e. The smallest absolute Gasteiger partial charge is 0.320 e. The van der Waals surface area contributed by atoms with E-state index in [1.807, 2.05) is 42.5 Å². The van der Waals surface area contributed by atoms with Crippen LogP contribution in [0.15, 0.2) is 54.6 Å². The van der Waals surface area contributed by atoms with Crippen molar-refractivity contribution < 1.29 is 19.1 Å². The lowest BCUT2D eigenvalue weighted by Crippen LogP contribution is -2.39. The molecule has 1 amide bonds. The number of hydrogen-bond donors (Lipinski definition) is 1. The normalized spacial score (nSPS) is 11.8. The minimum Gasteiger partial charge on any atom is -0.497 e. The third kappa shape index (κ3) is 6.34. The lowest BCUT2D eigenvalue weighted by Gasteiger charge is -2.17. The third-order valence-electron chi connectivity index (χ3n) is 4.87. The number of aromatic nitrogens is 2. The highest BCUT2D eigenvalue weighted by atomic mass is 35.5. The first-order valence-electron chi connectivity index (χ1n) is 10.4. The van der Waals surface area contributed by atoms with Gasteiger partial charge in [0, 0.05) is 24.1 Å². The molecule has 0 saturated heterocycles. The molecule has 0 aliphatic heterocycles. The van der Waals surface area contributed by atoms with Gasteiger partial charge in [0.15, 0.2) is 6.10 Å². The number of carbonyl (C=O) groups is 2. The van der Waals surface area contributed by atoms with Crippen LogP contribution < -0.4 is 10.1 Å². The number of halogens is 1. The molecular formula is C24H27ClN4O4. The second-order valence-electron chi connectivity index (χ2n) is 7.67. The van der Waals surface area contributed by atoms with Gasteiger partial charge in [-0.1, -0.05) is 23.7 Å². The lowest BCUT2D eigenvalue weighted by atomic mass is 10.1. The van der Waals surface area contributed by atoms with Crippen molar-refractivity contribution >= 4 is 23.5 Å². The molecule has 3 rings (SSSR count). The molecule has 1 atom stereocenters. The summed E-state index contributed by atoms with van der Waals surface area (Å²) in [4.78, 5) is 26.3. The van der Waals surface area contributed by atoms with Crippen molar-refractivity contribution in [1.29, 1.82) is 0 Å². The Kier molecular flexibility index (Phi) is 8.08. The standard InChI is InChI=1S/C24H27ClN4O4/c1-26-24(31)22(33-23(30)15-28(2)3)14-18-13-21(16-5-7-17(25)8-6-16)29(27-18)19-9-11-20(32-4)12-10-19/h5-13,22H,14-15H2,1-4H3,(H,26,31). The van der Waals surface area contributed by atoms with E-state index in [-0.39, 0.29) is 13.0 Å². The number of benzene rings is 2. The predicted molar refractivity (Wildman–Crippen MR) is 127 cm³/mol. The minimum absolute atomic E-state index is 0.0732. The van der Waals surface area contributed by atoms with Gasteiger partial charge in [0.05, 0.1) is 30.7 Å². The molecule has 1 aromatic heterocycles. The molecule has 0 aliphatic rings. The summed E-state index contributed by atoms with van der Waals surface area (Å²) in [5.74, 6) is -0.151. The number of methoxy groups -OCH3 is 1. The van der Waals surface area contributed by atoms with Crippen molar-refractivity contribution in [1.82, 2.24) is 20.0 Å². The molecule has 9 heteroatoms. The number of nitrogens with zero attached hydrogens (tertiary/aromatic N) is 3. The lowest BCUT2D eigenvalue weighted by molar-refractivity contribution is -0.156. The number of nitrogens with one attached hydrogen (secondary N) is 1. The Morgan fingerprint density at radius 2 is 1.79 bits per heavy atom. The van der Waals surface area contributed by atoms with Crippen molar-refractivity contribution in [2.24, 2.45) is 0 Å². The van der Waals surface area contributed by atoms with E-state index in [1.54, 1.807) is 42.9 Å². The first-order chi connectivity index (χ1) is 15.8. The van der Waals surface area contributed by atoms with Crippen LogP contribution in [0.4, 0.5) is 0 Å². The molecule has 0 radical (unpaired) electrons. The molecule has 0 bridgehead atoms. The van der Waals surface area contributed by atoms with Crippen LogP contribution in [-0.2, 0) is 20.7 Å². The summed E-state index contributed by atoms with van der Waals surface area (Å²) >= 11 is 6.07. The quantitative estimate of drug-likeness (QED) is 0.484. The zero-order valence-corrected chi connectivity index (χ0v) is 19.8. The first-order valence-corrected chi connectivity index (χ1v) is 10.7. The summed E-state index contributed by atoms with van der Waals surface area (Å²) in [5, 5.41) is 7.90. The van der Waals surface area contributed by atoms with Crippen LogP contribution in [0.1, 0.15) is 5.69 Å². The van der Waals surface area contributed by atoms with Crippen LogP contribution in [0.25, 0.3) is 16.9 Å². The summed E-state index contributed by atoms with van der Waals surface area (Å²) in [6.07, 6.45) is -0.873. The second kappa shape index (κ2) is 11.0. The summed E-state index contributed by atoms with van der Waals surface area (Å²) in [7, 11) is 6.62. The van der Waals surface area contributed by atoms with E-state index in [9.17, 15) is 9.59 Å². The van der Waals surface area contributed by atoms with E-state index in [1.165, 1.54) is 7.05 Å². The fourth-order valence-corrected chi connectivity index (χ4v) is 3.40. The molecule has 1 unspecified atom stereocenters. The topological polar surface area (TPSA) is 85.7 Å². The Labute approximate surface area is 198 Å². The zero-order chi connectivity index (χ0) is 24.0. The number of amides is 1. The van der Waals surface area contributed by atoms with E-state index in [4.69, 9.17) is 26.2 Å². The molecule has 1 N–H and O–H groups in total.